The first-order valence-corrected chi connectivity index (χ1v) is 16.0. The molecular weight excluding hydrogens is 631 g/mol. The molecule has 2 aliphatic rings. The standard InChI is InChI=1S/C33H38ClFN6O6/c1-3-45-31(43)18-40-12-13-41(28(17-40)33(44)46-4-2)11-5-6-30(42)39-27-15-23-26(16-29(27)47-19-21-7-8-21)36-20-37-32(23)38-22-9-10-25(35)24(34)14-22/h5-6,9-10,14-16,20-21,28H,3-4,7-8,11-13,17-19H2,1-2H3,(H,39,42)(H,36,37,38). The third-order valence-corrected chi connectivity index (χ3v) is 8.04. The summed E-state index contributed by atoms with van der Waals surface area (Å²) in [7, 11) is 0. The number of fused-ring (bicyclic) bond motifs is 1. The van der Waals surface area contributed by atoms with Crippen molar-refractivity contribution in [3.05, 3.63) is 59.7 Å². The lowest BCUT2D eigenvalue weighted by Gasteiger charge is -2.39. The fourth-order valence-corrected chi connectivity index (χ4v) is 5.34. The van der Waals surface area contributed by atoms with Crippen molar-refractivity contribution in [2.45, 2.75) is 32.7 Å². The number of carbonyl (C=O) groups excluding carboxylic acids is 3. The predicted octanol–water partition coefficient (Wildman–Crippen LogP) is 4.56. The monoisotopic (exact) mass is 668 g/mol. The van der Waals surface area contributed by atoms with Gasteiger partial charge in [-0.3, -0.25) is 24.2 Å². The molecule has 1 aromatic heterocycles. The summed E-state index contributed by atoms with van der Waals surface area (Å²) in [5.74, 6) is -0.278. The molecule has 14 heteroatoms. The van der Waals surface area contributed by atoms with Crippen LogP contribution in [0, 0.1) is 11.7 Å². The Morgan fingerprint density at radius 2 is 1.89 bits per heavy atom. The first-order chi connectivity index (χ1) is 22.7. The van der Waals surface area contributed by atoms with E-state index in [0.717, 1.165) is 12.8 Å². The molecule has 1 unspecified atom stereocenters. The first-order valence-electron chi connectivity index (χ1n) is 15.6. The number of hydrogen-bond acceptors (Lipinski definition) is 11. The molecule has 2 aromatic carbocycles. The Morgan fingerprint density at radius 1 is 1.09 bits per heavy atom. The second-order valence-electron chi connectivity index (χ2n) is 11.3. The quantitative estimate of drug-likeness (QED) is 0.185. The number of nitrogens with zero attached hydrogens (tertiary/aromatic N) is 4. The number of benzene rings is 2. The van der Waals surface area contributed by atoms with Crippen LogP contribution in [-0.4, -0.2) is 96.2 Å². The van der Waals surface area contributed by atoms with Gasteiger partial charge in [-0.25, -0.2) is 14.4 Å². The van der Waals surface area contributed by atoms with Crippen molar-refractivity contribution in [1.82, 2.24) is 19.8 Å². The molecule has 3 aromatic rings. The van der Waals surface area contributed by atoms with Gasteiger partial charge in [0.25, 0.3) is 0 Å². The Morgan fingerprint density at radius 3 is 2.64 bits per heavy atom. The van der Waals surface area contributed by atoms with Crippen molar-refractivity contribution in [3.8, 4) is 5.75 Å². The molecule has 2 fully saturated rings. The van der Waals surface area contributed by atoms with E-state index < -0.39 is 17.8 Å². The average molecular weight is 669 g/mol. The number of esters is 2. The maximum Gasteiger partial charge on any atom is 0.324 e. The van der Waals surface area contributed by atoms with Crippen molar-refractivity contribution in [3.63, 3.8) is 0 Å². The summed E-state index contributed by atoms with van der Waals surface area (Å²) in [5.41, 5.74) is 1.55. The van der Waals surface area contributed by atoms with Crippen LogP contribution in [-0.2, 0) is 23.9 Å². The third-order valence-electron chi connectivity index (χ3n) is 7.75. The summed E-state index contributed by atoms with van der Waals surface area (Å²) in [5, 5.41) is 6.63. The average Bonchev–Trinajstić information content (AvgIpc) is 3.87. The molecule has 0 radical (unpaired) electrons. The number of rotatable bonds is 14. The van der Waals surface area contributed by atoms with Gasteiger partial charge in [-0.15, -0.1) is 0 Å². The van der Waals surface area contributed by atoms with Crippen molar-refractivity contribution < 1.29 is 33.0 Å². The largest absolute Gasteiger partial charge is 0.491 e. The number of aromatic nitrogens is 2. The van der Waals surface area contributed by atoms with Gasteiger partial charge >= 0.3 is 11.9 Å². The van der Waals surface area contributed by atoms with Crippen LogP contribution in [0.3, 0.4) is 0 Å². The summed E-state index contributed by atoms with van der Waals surface area (Å²) in [4.78, 5) is 50.5. The number of amides is 1. The van der Waals surface area contributed by atoms with Crippen molar-refractivity contribution in [2.24, 2.45) is 5.92 Å². The molecule has 2 N–H and O–H groups in total. The van der Waals surface area contributed by atoms with E-state index in [1.807, 2.05) is 9.80 Å². The lowest BCUT2D eigenvalue weighted by molar-refractivity contribution is -0.154. The Balaban J connectivity index is 1.30. The van der Waals surface area contributed by atoms with Crippen LogP contribution in [0.25, 0.3) is 10.9 Å². The normalized spacial score (nSPS) is 17.1. The molecule has 1 aliphatic heterocycles. The van der Waals surface area contributed by atoms with E-state index in [2.05, 4.69) is 20.6 Å². The predicted molar refractivity (Wildman–Crippen MR) is 175 cm³/mol. The Hall–Kier alpha value is -4.33. The highest BCUT2D eigenvalue weighted by Crippen LogP contribution is 2.36. The highest BCUT2D eigenvalue weighted by Gasteiger charge is 2.33. The maximum absolute atomic E-state index is 13.7. The molecule has 1 aliphatic carbocycles. The molecule has 1 saturated heterocycles. The Labute approximate surface area is 277 Å². The fraction of sp³-hybridized carbons (Fsp3) is 0.424. The van der Waals surface area contributed by atoms with Gasteiger partial charge in [-0.1, -0.05) is 17.7 Å². The van der Waals surface area contributed by atoms with Gasteiger partial charge in [-0.2, -0.15) is 0 Å². The second-order valence-corrected chi connectivity index (χ2v) is 11.7. The first kappa shape index (κ1) is 34.0. The summed E-state index contributed by atoms with van der Waals surface area (Å²) < 4.78 is 30.2. The molecule has 5 rings (SSSR count). The van der Waals surface area contributed by atoms with Crippen molar-refractivity contribution in [1.29, 1.82) is 0 Å². The Kier molecular flexibility index (Phi) is 11.6. The van der Waals surface area contributed by atoms with Crippen LogP contribution in [0.4, 0.5) is 21.6 Å². The van der Waals surface area contributed by atoms with Crippen LogP contribution in [0.1, 0.15) is 26.7 Å². The summed E-state index contributed by atoms with van der Waals surface area (Å²) in [6, 6.07) is 7.14. The number of carbonyl (C=O) groups is 3. The zero-order chi connectivity index (χ0) is 33.3. The maximum atomic E-state index is 13.7. The van der Waals surface area contributed by atoms with E-state index in [9.17, 15) is 18.8 Å². The highest BCUT2D eigenvalue weighted by molar-refractivity contribution is 6.31. The molecular formula is C33H38ClFN6O6. The van der Waals surface area contributed by atoms with Gasteiger partial charge in [0.05, 0.1) is 42.6 Å². The SMILES string of the molecule is CCOC(=O)CN1CCN(CC=CC(=O)Nc2cc3c(Nc4ccc(F)c(Cl)c4)ncnc3cc2OCC2CC2)C(C(=O)OCC)C1. The molecule has 0 spiro atoms. The number of anilines is 3. The van der Waals surface area contributed by atoms with Crippen molar-refractivity contribution >= 4 is 57.5 Å². The van der Waals surface area contributed by atoms with Gasteiger partial charge in [0, 0.05) is 49.4 Å². The number of hydrogen-bond donors (Lipinski definition) is 2. The van der Waals surface area contributed by atoms with E-state index in [0.29, 0.717) is 72.5 Å². The fourth-order valence-electron chi connectivity index (χ4n) is 5.16. The topological polar surface area (TPSA) is 135 Å². The second kappa shape index (κ2) is 16.0. The van der Waals surface area contributed by atoms with Crippen LogP contribution in [0.15, 0.2) is 48.8 Å². The highest BCUT2D eigenvalue weighted by atomic mass is 35.5. The Bertz CT molecular complexity index is 1640. The van der Waals surface area contributed by atoms with Gasteiger partial charge < -0.3 is 24.8 Å². The van der Waals surface area contributed by atoms with E-state index in [1.54, 1.807) is 38.1 Å². The van der Waals surface area contributed by atoms with Gasteiger partial charge in [0.15, 0.2) is 0 Å². The van der Waals surface area contributed by atoms with Gasteiger partial charge in [0.1, 0.15) is 29.8 Å². The lowest BCUT2D eigenvalue weighted by atomic mass is 10.1. The molecule has 2 heterocycles. The van der Waals surface area contributed by atoms with Crippen LogP contribution in [0.2, 0.25) is 5.02 Å². The molecule has 47 heavy (non-hydrogen) atoms. The minimum absolute atomic E-state index is 0.0315. The number of nitrogens with one attached hydrogen (secondary N) is 2. The molecule has 250 valence electrons. The summed E-state index contributed by atoms with van der Waals surface area (Å²) in [6.07, 6.45) is 6.68. The van der Waals surface area contributed by atoms with Crippen LogP contribution >= 0.6 is 11.6 Å². The third kappa shape index (κ3) is 9.37. The van der Waals surface area contributed by atoms with Crippen LogP contribution in [0.5, 0.6) is 5.75 Å². The van der Waals surface area contributed by atoms with E-state index in [1.165, 1.54) is 24.5 Å². The van der Waals surface area contributed by atoms with Gasteiger partial charge in [-0.05, 0) is 56.9 Å². The molecule has 12 nitrogen and oxygen atoms in total. The molecule has 0 bridgehead atoms. The van der Waals surface area contributed by atoms with E-state index >= 15 is 0 Å². The zero-order valence-electron chi connectivity index (χ0n) is 26.3. The number of halogens is 2. The molecule has 1 atom stereocenters. The van der Waals surface area contributed by atoms with Crippen LogP contribution < -0.4 is 15.4 Å². The summed E-state index contributed by atoms with van der Waals surface area (Å²) >= 11 is 5.97. The number of piperazine rings is 1. The van der Waals surface area contributed by atoms with Crippen molar-refractivity contribution in [2.75, 3.05) is 63.2 Å². The van der Waals surface area contributed by atoms with Gasteiger partial charge in [0.2, 0.25) is 5.91 Å². The summed E-state index contributed by atoms with van der Waals surface area (Å²) in [6.45, 7) is 6.28. The van der Waals surface area contributed by atoms with E-state index in [4.69, 9.17) is 25.8 Å². The smallest absolute Gasteiger partial charge is 0.324 e. The minimum Gasteiger partial charge on any atom is -0.491 e. The molecule has 1 amide bonds. The number of ether oxygens (including phenoxy) is 3. The molecule has 1 saturated carbocycles. The van der Waals surface area contributed by atoms with E-state index in [-0.39, 0.29) is 36.7 Å². The minimum atomic E-state index is -0.601. The lowest BCUT2D eigenvalue weighted by Crippen LogP contribution is -2.57. The zero-order valence-corrected chi connectivity index (χ0v) is 27.1.